The number of rotatable bonds is 4. The highest BCUT2D eigenvalue weighted by Gasteiger charge is 2.41. The molecule has 5 rings (SSSR count). The number of anilines is 1. The van der Waals surface area contributed by atoms with Gasteiger partial charge in [0.15, 0.2) is 5.69 Å². The SMILES string of the molecule is [C-]#[N+]c1ccc(CN2CCN(c3cc(F)cc4c3CN(C3CCC(=O)NC3=O)C4=O)CC2)cc1. The van der Waals surface area contributed by atoms with Crippen LogP contribution in [0.1, 0.15) is 34.3 Å². The number of hydrogen-bond acceptors (Lipinski definition) is 5. The van der Waals surface area contributed by atoms with E-state index in [1.807, 2.05) is 24.3 Å². The summed E-state index contributed by atoms with van der Waals surface area (Å²) in [5.74, 6) is -1.66. The van der Waals surface area contributed by atoms with Gasteiger partial charge in [0.25, 0.3) is 5.91 Å². The summed E-state index contributed by atoms with van der Waals surface area (Å²) in [6, 6.07) is 9.57. The average Bonchev–Trinajstić information content (AvgIpc) is 3.15. The Kier molecular flexibility index (Phi) is 5.75. The molecule has 34 heavy (non-hydrogen) atoms. The Bertz CT molecular complexity index is 1200. The van der Waals surface area contributed by atoms with Crippen molar-refractivity contribution < 1.29 is 18.8 Å². The number of fused-ring (bicyclic) bond motifs is 1. The molecule has 0 bridgehead atoms. The van der Waals surface area contributed by atoms with Crippen LogP contribution in [0.5, 0.6) is 0 Å². The van der Waals surface area contributed by atoms with Crippen LogP contribution >= 0.6 is 0 Å². The molecule has 9 heteroatoms. The molecule has 174 valence electrons. The predicted molar refractivity (Wildman–Crippen MR) is 123 cm³/mol. The third kappa shape index (κ3) is 4.13. The number of benzene rings is 2. The van der Waals surface area contributed by atoms with Crippen molar-refractivity contribution in [2.45, 2.75) is 32.0 Å². The van der Waals surface area contributed by atoms with Crippen LogP contribution < -0.4 is 10.2 Å². The fraction of sp³-hybridized carbons (Fsp3) is 0.360. The van der Waals surface area contributed by atoms with E-state index >= 15 is 0 Å². The largest absolute Gasteiger partial charge is 0.369 e. The van der Waals surface area contributed by atoms with Crippen LogP contribution in [0.25, 0.3) is 4.85 Å². The second kappa shape index (κ2) is 8.88. The third-order valence-electron chi connectivity index (χ3n) is 6.78. The minimum absolute atomic E-state index is 0.181. The summed E-state index contributed by atoms with van der Waals surface area (Å²) in [5, 5.41) is 2.30. The number of carbonyl (C=O) groups excluding carboxylic acids is 3. The Morgan fingerprint density at radius 2 is 1.79 bits per heavy atom. The normalized spacial score (nSPS) is 20.8. The van der Waals surface area contributed by atoms with Gasteiger partial charge in [-0.3, -0.25) is 24.6 Å². The number of imide groups is 1. The molecule has 3 heterocycles. The zero-order valence-electron chi connectivity index (χ0n) is 18.6. The second-order valence-corrected chi connectivity index (χ2v) is 8.89. The van der Waals surface area contributed by atoms with E-state index in [0.29, 0.717) is 30.0 Å². The molecule has 3 aliphatic rings. The van der Waals surface area contributed by atoms with E-state index in [0.717, 1.165) is 30.8 Å². The van der Waals surface area contributed by atoms with Crippen LogP contribution in [-0.4, -0.2) is 59.7 Å². The van der Waals surface area contributed by atoms with Gasteiger partial charge >= 0.3 is 0 Å². The van der Waals surface area contributed by atoms with Crippen molar-refractivity contribution >= 4 is 29.1 Å². The highest BCUT2D eigenvalue weighted by molar-refractivity contribution is 6.06. The maximum atomic E-state index is 14.5. The van der Waals surface area contributed by atoms with Crippen molar-refractivity contribution in [1.82, 2.24) is 15.1 Å². The van der Waals surface area contributed by atoms with Crippen molar-refractivity contribution in [2.75, 3.05) is 31.1 Å². The van der Waals surface area contributed by atoms with Gasteiger partial charge in [-0.05, 0) is 24.1 Å². The molecule has 0 radical (unpaired) electrons. The van der Waals surface area contributed by atoms with Crippen molar-refractivity contribution in [2.24, 2.45) is 0 Å². The standard InChI is InChI=1S/C25H24FN5O3/c1-27-18-4-2-16(3-5-18)14-29-8-10-30(11-9-29)22-13-17(26)12-19-20(22)15-31(25(19)34)21-6-7-23(32)28-24(21)33/h2-5,12-13,21H,6-11,14-15H2,(H,28,32,33). The molecule has 8 nitrogen and oxygen atoms in total. The summed E-state index contributed by atoms with van der Waals surface area (Å²) < 4.78 is 14.5. The number of amides is 3. The monoisotopic (exact) mass is 461 g/mol. The van der Waals surface area contributed by atoms with Gasteiger partial charge < -0.3 is 9.80 Å². The molecule has 3 amide bonds. The lowest BCUT2D eigenvalue weighted by atomic mass is 10.0. The van der Waals surface area contributed by atoms with Crippen molar-refractivity contribution in [3.63, 3.8) is 0 Å². The van der Waals surface area contributed by atoms with E-state index in [1.165, 1.54) is 17.0 Å². The Balaban J connectivity index is 1.29. The first-order valence-corrected chi connectivity index (χ1v) is 11.3. The van der Waals surface area contributed by atoms with Crippen molar-refractivity contribution in [3.8, 4) is 0 Å². The topological polar surface area (TPSA) is 77.3 Å². The van der Waals surface area contributed by atoms with Gasteiger partial charge in [0.1, 0.15) is 11.9 Å². The minimum Gasteiger partial charge on any atom is -0.369 e. The summed E-state index contributed by atoms with van der Waals surface area (Å²) in [6.45, 7) is 11.0. The number of piperazine rings is 1. The molecule has 1 atom stereocenters. The quantitative estimate of drug-likeness (QED) is 0.559. The van der Waals surface area contributed by atoms with Crippen molar-refractivity contribution in [3.05, 3.63) is 70.3 Å². The Morgan fingerprint density at radius 3 is 2.47 bits per heavy atom. The lowest BCUT2D eigenvalue weighted by Gasteiger charge is -2.37. The van der Waals surface area contributed by atoms with Gasteiger partial charge in [-0.2, -0.15) is 0 Å². The smallest absolute Gasteiger partial charge is 0.255 e. The first kappa shape index (κ1) is 22.0. The number of nitrogens with one attached hydrogen (secondary N) is 1. The Hall–Kier alpha value is -3.77. The van der Waals surface area contributed by atoms with E-state index in [9.17, 15) is 18.8 Å². The Labute approximate surface area is 196 Å². The number of halogens is 1. The van der Waals surface area contributed by atoms with Gasteiger partial charge in [0, 0.05) is 62.5 Å². The summed E-state index contributed by atoms with van der Waals surface area (Å²) >= 11 is 0. The molecule has 3 aliphatic heterocycles. The predicted octanol–water partition coefficient (Wildman–Crippen LogP) is 2.46. The van der Waals surface area contributed by atoms with Crippen LogP contribution in [0.3, 0.4) is 0 Å². The van der Waals surface area contributed by atoms with Crippen LogP contribution in [0.2, 0.25) is 0 Å². The van der Waals surface area contributed by atoms with Gasteiger partial charge in [-0.1, -0.05) is 24.3 Å². The first-order chi connectivity index (χ1) is 16.4. The zero-order valence-corrected chi connectivity index (χ0v) is 18.6. The Morgan fingerprint density at radius 1 is 1.06 bits per heavy atom. The maximum Gasteiger partial charge on any atom is 0.255 e. The van der Waals surface area contributed by atoms with Gasteiger partial charge in [-0.25, -0.2) is 9.24 Å². The van der Waals surface area contributed by atoms with Gasteiger partial charge in [-0.15, -0.1) is 0 Å². The van der Waals surface area contributed by atoms with Crippen LogP contribution in [0.15, 0.2) is 36.4 Å². The highest BCUT2D eigenvalue weighted by Crippen LogP contribution is 2.35. The summed E-state index contributed by atoms with van der Waals surface area (Å²) in [4.78, 5) is 46.2. The van der Waals surface area contributed by atoms with Gasteiger partial charge in [0.05, 0.1) is 6.57 Å². The van der Waals surface area contributed by atoms with E-state index in [-0.39, 0.29) is 31.2 Å². The summed E-state index contributed by atoms with van der Waals surface area (Å²) in [5.41, 5.74) is 3.48. The number of carbonyl (C=O) groups is 3. The third-order valence-corrected chi connectivity index (χ3v) is 6.78. The fourth-order valence-electron chi connectivity index (χ4n) is 4.97. The molecule has 0 spiro atoms. The van der Waals surface area contributed by atoms with Crippen molar-refractivity contribution in [1.29, 1.82) is 0 Å². The molecule has 2 aromatic carbocycles. The van der Waals surface area contributed by atoms with Crippen LogP contribution in [0, 0.1) is 12.4 Å². The van der Waals surface area contributed by atoms with E-state index in [2.05, 4.69) is 20.0 Å². The maximum absolute atomic E-state index is 14.5. The number of hydrogen-bond donors (Lipinski definition) is 1. The van der Waals surface area contributed by atoms with E-state index in [4.69, 9.17) is 6.57 Å². The van der Waals surface area contributed by atoms with E-state index < -0.39 is 17.8 Å². The van der Waals surface area contributed by atoms with Crippen LogP contribution in [-0.2, 0) is 22.7 Å². The molecule has 0 saturated carbocycles. The first-order valence-electron chi connectivity index (χ1n) is 11.3. The van der Waals surface area contributed by atoms with Crippen LogP contribution in [0.4, 0.5) is 15.8 Å². The average molecular weight is 461 g/mol. The number of piperidine rings is 1. The van der Waals surface area contributed by atoms with Gasteiger partial charge in [0.2, 0.25) is 11.8 Å². The molecule has 0 aliphatic carbocycles. The molecule has 2 fully saturated rings. The molecular formula is C25H24FN5O3. The second-order valence-electron chi connectivity index (χ2n) is 8.89. The number of nitrogens with zero attached hydrogens (tertiary/aromatic N) is 4. The fourth-order valence-corrected chi connectivity index (χ4v) is 4.97. The molecule has 2 aromatic rings. The molecule has 2 saturated heterocycles. The minimum atomic E-state index is -0.723. The molecular weight excluding hydrogens is 437 g/mol. The lowest BCUT2D eigenvalue weighted by molar-refractivity contribution is -0.136. The van der Waals surface area contributed by atoms with E-state index in [1.54, 1.807) is 0 Å². The summed E-state index contributed by atoms with van der Waals surface area (Å²) in [6.07, 6.45) is 0.456. The lowest BCUT2D eigenvalue weighted by Crippen LogP contribution is -2.52. The molecule has 0 aromatic heterocycles. The molecule has 1 N–H and O–H groups in total. The zero-order chi connectivity index (χ0) is 23.8. The summed E-state index contributed by atoms with van der Waals surface area (Å²) in [7, 11) is 0. The molecule has 1 unspecified atom stereocenters. The highest BCUT2D eigenvalue weighted by atomic mass is 19.1.